The SMILES string of the molecule is C[Si](C)(C)c1cn([C@@H]2O[C@H](CO)[C@@H](O)[C@H]2O)c(=O)[nH]c1=O. The van der Waals surface area contributed by atoms with Crippen molar-refractivity contribution in [1.82, 2.24) is 9.55 Å². The predicted molar refractivity (Wildman–Crippen MR) is 77.3 cm³/mol. The van der Waals surface area contributed by atoms with Gasteiger partial charge in [-0.2, -0.15) is 0 Å². The van der Waals surface area contributed by atoms with Crippen molar-refractivity contribution >= 4 is 13.3 Å². The average Bonchev–Trinajstić information content (AvgIpc) is 2.65. The van der Waals surface area contributed by atoms with Gasteiger partial charge in [-0.25, -0.2) is 4.79 Å². The third kappa shape index (κ3) is 2.87. The first-order valence-corrected chi connectivity index (χ1v) is 10.1. The summed E-state index contributed by atoms with van der Waals surface area (Å²) < 4.78 is 6.38. The molecule has 118 valence electrons. The maximum Gasteiger partial charge on any atom is 0.330 e. The van der Waals surface area contributed by atoms with Crippen LogP contribution in [0.2, 0.25) is 19.6 Å². The second kappa shape index (κ2) is 5.50. The Kier molecular flexibility index (Phi) is 4.22. The molecule has 4 N–H and O–H groups in total. The Morgan fingerprint density at radius 1 is 1.29 bits per heavy atom. The fourth-order valence-corrected chi connectivity index (χ4v) is 3.59. The second-order valence-corrected chi connectivity index (χ2v) is 11.2. The van der Waals surface area contributed by atoms with E-state index in [9.17, 15) is 19.8 Å². The lowest BCUT2D eigenvalue weighted by Gasteiger charge is -2.21. The largest absolute Gasteiger partial charge is 0.394 e. The minimum atomic E-state index is -2.00. The van der Waals surface area contributed by atoms with Crippen molar-refractivity contribution in [3.8, 4) is 0 Å². The highest BCUT2D eigenvalue weighted by Gasteiger charge is 2.44. The predicted octanol–water partition coefficient (Wildman–Crippen LogP) is -2.31. The number of aromatic amines is 1. The van der Waals surface area contributed by atoms with Gasteiger partial charge >= 0.3 is 5.69 Å². The molecule has 9 heteroatoms. The van der Waals surface area contributed by atoms with Gasteiger partial charge < -0.3 is 20.1 Å². The van der Waals surface area contributed by atoms with Gasteiger partial charge in [0.05, 0.1) is 14.7 Å². The van der Waals surface area contributed by atoms with E-state index in [4.69, 9.17) is 9.84 Å². The van der Waals surface area contributed by atoms with Crippen LogP contribution in [0.5, 0.6) is 0 Å². The normalized spacial score (nSPS) is 29.8. The molecule has 8 nitrogen and oxygen atoms in total. The van der Waals surface area contributed by atoms with Gasteiger partial charge in [-0.15, -0.1) is 0 Å². The maximum absolute atomic E-state index is 11.9. The van der Waals surface area contributed by atoms with E-state index in [0.29, 0.717) is 5.19 Å². The summed E-state index contributed by atoms with van der Waals surface area (Å²) in [6, 6.07) is 0. The standard InChI is InChI=1S/C12H20N2O6Si/c1-21(2,3)7-4-14(12(19)13-10(7)18)11-9(17)8(16)6(5-15)20-11/h4,6,8-9,11,15-17H,5H2,1-3H3,(H,13,18,19)/t6-,8-,9-,11-/m1/s1. The van der Waals surface area contributed by atoms with Crippen molar-refractivity contribution in [3.05, 3.63) is 27.0 Å². The van der Waals surface area contributed by atoms with Crippen LogP contribution in [-0.4, -0.2) is 57.9 Å². The summed E-state index contributed by atoms with van der Waals surface area (Å²) in [5, 5.41) is 29.3. The molecule has 0 aliphatic carbocycles. The number of hydrogen-bond donors (Lipinski definition) is 4. The van der Waals surface area contributed by atoms with Gasteiger partial charge in [-0.3, -0.25) is 14.3 Å². The molecule has 1 aliphatic heterocycles. The van der Waals surface area contributed by atoms with Gasteiger partial charge in [-0.1, -0.05) is 19.6 Å². The fraction of sp³-hybridized carbons (Fsp3) is 0.667. The number of nitrogens with one attached hydrogen (secondary N) is 1. The first-order valence-electron chi connectivity index (χ1n) is 6.65. The summed E-state index contributed by atoms with van der Waals surface area (Å²) in [7, 11) is -2.00. The van der Waals surface area contributed by atoms with Crippen LogP contribution in [0.4, 0.5) is 0 Å². The lowest BCUT2D eigenvalue weighted by Crippen LogP contribution is -2.53. The van der Waals surface area contributed by atoms with Gasteiger partial charge in [0.25, 0.3) is 5.56 Å². The van der Waals surface area contributed by atoms with E-state index in [-0.39, 0.29) is 0 Å². The molecule has 0 bridgehead atoms. The fourth-order valence-electron chi connectivity index (χ4n) is 2.32. The lowest BCUT2D eigenvalue weighted by atomic mass is 10.1. The average molecular weight is 316 g/mol. The molecule has 4 atom stereocenters. The summed E-state index contributed by atoms with van der Waals surface area (Å²) in [6.07, 6.45) is -3.39. The Labute approximate surface area is 121 Å². The third-order valence-electron chi connectivity index (χ3n) is 3.57. The van der Waals surface area contributed by atoms with Crippen molar-refractivity contribution in [2.24, 2.45) is 0 Å². The highest BCUT2D eigenvalue weighted by Crippen LogP contribution is 2.27. The number of rotatable bonds is 3. The van der Waals surface area contributed by atoms with Gasteiger partial charge in [0.2, 0.25) is 0 Å². The Morgan fingerprint density at radius 2 is 1.90 bits per heavy atom. The number of hydrogen-bond acceptors (Lipinski definition) is 6. The molecule has 0 radical (unpaired) electrons. The van der Waals surface area contributed by atoms with Crippen LogP contribution in [-0.2, 0) is 4.74 Å². The first-order chi connectivity index (χ1) is 9.66. The van der Waals surface area contributed by atoms with Gasteiger partial charge in [0, 0.05) is 11.4 Å². The number of aliphatic hydroxyl groups excluding tert-OH is 3. The molecule has 1 aromatic heterocycles. The molecular formula is C12H20N2O6Si. The molecule has 0 amide bonds. The Morgan fingerprint density at radius 3 is 2.38 bits per heavy atom. The van der Waals surface area contributed by atoms with Crippen LogP contribution < -0.4 is 16.4 Å². The molecule has 0 unspecified atom stereocenters. The smallest absolute Gasteiger partial charge is 0.330 e. The van der Waals surface area contributed by atoms with E-state index >= 15 is 0 Å². The molecular weight excluding hydrogens is 296 g/mol. The number of nitrogens with zero attached hydrogens (tertiary/aromatic N) is 1. The molecule has 1 saturated heterocycles. The quantitative estimate of drug-likeness (QED) is 0.465. The zero-order chi connectivity index (χ0) is 15.9. The first kappa shape index (κ1) is 16.1. The molecule has 21 heavy (non-hydrogen) atoms. The van der Waals surface area contributed by atoms with E-state index in [1.54, 1.807) is 0 Å². The highest BCUT2D eigenvalue weighted by atomic mass is 28.3. The Bertz CT molecular complexity index is 634. The third-order valence-corrected chi connectivity index (χ3v) is 5.54. The zero-order valence-electron chi connectivity index (χ0n) is 12.1. The zero-order valence-corrected chi connectivity index (χ0v) is 13.1. The number of aromatic nitrogens is 2. The van der Waals surface area contributed by atoms with E-state index < -0.39 is 50.5 Å². The number of ether oxygens (including phenoxy) is 1. The van der Waals surface area contributed by atoms with E-state index in [1.165, 1.54) is 6.20 Å². The van der Waals surface area contributed by atoms with E-state index in [2.05, 4.69) is 4.98 Å². The van der Waals surface area contributed by atoms with Crippen LogP contribution in [0.1, 0.15) is 6.23 Å². The molecule has 1 aliphatic rings. The van der Waals surface area contributed by atoms with Crippen LogP contribution in [0.3, 0.4) is 0 Å². The van der Waals surface area contributed by atoms with Gasteiger partial charge in [-0.05, 0) is 0 Å². The molecule has 1 fully saturated rings. The van der Waals surface area contributed by atoms with Crippen molar-refractivity contribution in [3.63, 3.8) is 0 Å². The molecule has 0 spiro atoms. The summed E-state index contributed by atoms with van der Waals surface area (Å²) in [6.45, 7) is 5.37. The minimum Gasteiger partial charge on any atom is -0.394 e. The van der Waals surface area contributed by atoms with Gasteiger partial charge in [0.1, 0.15) is 18.3 Å². The summed E-state index contributed by atoms with van der Waals surface area (Å²) in [4.78, 5) is 26.0. The van der Waals surface area contributed by atoms with Gasteiger partial charge in [0.15, 0.2) is 6.23 Å². The van der Waals surface area contributed by atoms with Crippen LogP contribution in [0, 0.1) is 0 Å². The van der Waals surface area contributed by atoms with E-state index in [0.717, 1.165) is 4.57 Å². The van der Waals surface area contributed by atoms with Crippen LogP contribution in [0.15, 0.2) is 15.8 Å². The van der Waals surface area contributed by atoms with Crippen molar-refractivity contribution in [2.75, 3.05) is 6.61 Å². The second-order valence-electron chi connectivity index (χ2n) is 6.19. The molecule has 0 saturated carbocycles. The minimum absolute atomic E-state index is 0.442. The summed E-state index contributed by atoms with van der Waals surface area (Å²) in [5.41, 5.74) is -1.17. The maximum atomic E-state index is 11.9. The Hall–Kier alpha value is -1.26. The summed E-state index contributed by atoms with van der Waals surface area (Å²) in [5.74, 6) is 0. The van der Waals surface area contributed by atoms with Crippen LogP contribution >= 0.6 is 0 Å². The number of H-pyrrole nitrogens is 1. The van der Waals surface area contributed by atoms with Crippen molar-refractivity contribution in [1.29, 1.82) is 0 Å². The summed E-state index contributed by atoms with van der Waals surface area (Å²) >= 11 is 0. The Balaban J connectivity index is 2.50. The highest BCUT2D eigenvalue weighted by molar-refractivity contribution is 6.88. The van der Waals surface area contributed by atoms with Crippen molar-refractivity contribution < 1.29 is 20.1 Å². The molecule has 0 aromatic carbocycles. The monoisotopic (exact) mass is 316 g/mol. The topological polar surface area (TPSA) is 125 Å². The molecule has 2 rings (SSSR count). The lowest BCUT2D eigenvalue weighted by molar-refractivity contribution is -0.0549. The number of aliphatic hydroxyl groups is 3. The molecule has 2 heterocycles. The van der Waals surface area contributed by atoms with Crippen molar-refractivity contribution in [2.45, 2.75) is 44.2 Å². The van der Waals surface area contributed by atoms with Crippen LogP contribution in [0.25, 0.3) is 0 Å². The van der Waals surface area contributed by atoms with E-state index in [1.807, 2.05) is 19.6 Å². The molecule has 1 aromatic rings.